The van der Waals surface area contributed by atoms with Crippen molar-refractivity contribution in [2.24, 2.45) is 5.73 Å². The molecule has 2 rings (SSSR count). The second-order valence-electron chi connectivity index (χ2n) is 5.07. The maximum absolute atomic E-state index is 6.50. The van der Waals surface area contributed by atoms with Gasteiger partial charge in [0.1, 0.15) is 0 Å². The Kier molecular flexibility index (Phi) is 5.23. The molecule has 21 heavy (non-hydrogen) atoms. The smallest absolute Gasteiger partial charge is 0.161 e. The summed E-state index contributed by atoms with van der Waals surface area (Å²) in [6.07, 6.45) is 0.986. The van der Waals surface area contributed by atoms with Crippen LogP contribution in [0.4, 0.5) is 0 Å². The standard InChI is InChI=1S/C18H23NO2/c1-4-15(13-8-6-5-7-9-13)18(19)14-10-11-16(20-2)17(12-14)21-3/h5-12,15,18H,4,19H2,1-3H3. The van der Waals surface area contributed by atoms with E-state index in [2.05, 4.69) is 31.2 Å². The van der Waals surface area contributed by atoms with Gasteiger partial charge < -0.3 is 15.2 Å². The van der Waals surface area contributed by atoms with Crippen molar-refractivity contribution in [2.75, 3.05) is 14.2 Å². The lowest BCUT2D eigenvalue weighted by molar-refractivity contribution is 0.354. The Labute approximate surface area is 126 Å². The Hall–Kier alpha value is -2.00. The first-order chi connectivity index (χ1) is 10.2. The van der Waals surface area contributed by atoms with Gasteiger partial charge in [-0.05, 0) is 29.7 Å². The van der Waals surface area contributed by atoms with E-state index in [4.69, 9.17) is 15.2 Å². The molecular weight excluding hydrogens is 262 g/mol. The second-order valence-corrected chi connectivity index (χ2v) is 5.07. The Balaban J connectivity index is 2.31. The highest BCUT2D eigenvalue weighted by atomic mass is 16.5. The van der Waals surface area contributed by atoms with E-state index < -0.39 is 0 Å². The summed E-state index contributed by atoms with van der Waals surface area (Å²) in [4.78, 5) is 0. The van der Waals surface area contributed by atoms with Crippen LogP contribution in [0.3, 0.4) is 0 Å². The zero-order valence-electron chi connectivity index (χ0n) is 12.9. The van der Waals surface area contributed by atoms with Crippen LogP contribution in [0.1, 0.15) is 36.4 Å². The zero-order chi connectivity index (χ0) is 15.2. The molecule has 3 nitrogen and oxygen atoms in total. The Bertz CT molecular complexity index is 569. The van der Waals surface area contributed by atoms with Crippen molar-refractivity contribution < 1.29 is 9.47 Å². The molecule has 0 radical (unpaired) electrons. The lowest BCUT2D eigenvalue weighted by Crippen LogP contribution is -2.19. The van der Waals surface area contributed by atoms with Gasteiger partial charge >= 0.3 is 0 Å². The van der Waals surface area contributed by atoms with Gasteiger partial charge in [0, 0.05) is 12.0 Å². The van der Waals surface area contributed by atoms with E-state index in [1.807, 2.05) is 24.3 Å². The summed E-state index contributed by atoms with van der Waals surface area (Å²) >= 11 is 0. The molecule has 112 valence electrons. The molecule has 0 aliphatic carbocycles. The summed E-state index contributed by atoms with van der Waals surface area (Å²) in [6, 6.07) is 16.2. The zero-order valence-corrected chi connectivity index (χ0v) is 12.9. The molecule has 2 atom stereocenters. The lowest BCUT2D eigenvalue weighted by atomic mass is 9.85. The predicted octanol–water partition coefficient (Wildman–Crippen LogP) is 3.90. The van der Waals surface area contributed by atoms with Crippen LogP contribution >= 0.6 is 0 Å². The van der Waals surface area contributed by atoms with Gasteiger partial charge in [-0.15, -0.1) is 0 Å². The third-order valence-electron chi connectivity index (χ3n) is 3.89. The average Bonchev–Trinajstić information content (AvgIpc) is 2.55. The molecule has 0 spiro atoms. The van der Waals surface area contributed by atoms with Crippen LogP contribution in [0, 0.1) is 0 Å². The number of benzene rings is 2. The highest BCUT2D eigenvalue weighted by Gasteiger charge is 2.20. The first-order valence-corrected chi connectivity index (χ1v) is 7.23. The van der Waals surface area contributed by atoms with Crippen molar-refractivity contribution in [1.82, 2.24) is 0 Å². The minimum atomic E-state index is -0.0720. The minimum absolute atomic E-state index is 0.0720. The van der Waals surface area contributed by atoms with Crippen LogP contribution in [-0.4, -0.2) is 14.2 Å². The lowest BCUT2D eigenvalue weighted by Gasteiger charge is -2.24. The molecule has 0 aromatic heterocycles. The summed E-state index contributed by atoms with van der Waals surface area (Å²) in [5.74, 6) is 1.72. The molecular formula is C18H23NO2. The molecule has 0 bridgehead atoms. The van der Waals surface area contributed by atoms with Gasteiger partial charge in [0.15, 0.2) is 11.5 Å². The summed E-state index contributed by atoms with van der Waals surface area (Å²) in [5, 5.41) is 0. The maximum Gasteiger partial charge on any atom is 0.161 e. The fraction of sp³-hybridized carbons (Fsp3) is 0.333. The highest BCUT2D eigenvalue weighted by Crippen LogP contribution is 2.36. The van der Waals surface area contributed by atoms with Gasteiger partial charge in [-0.2, -0.15) is 0 Å². The fourth-order valence-corrected chi connectivity index (χ4v) is 2.69. The number of rotatable bonds is 6. The number of hydrogen-bond acceptors (Lipinski definition) is 3. The third kappa shape index (κ3) is 3.37. The van der Waals surface area contributed by atoms with Crippen molar-refractivity contribution in [3.05, 3.63) is 59.7 Å². The van der Waals surface area contributed by atoms with Crippen LogP contribution in [0.25, 0.3) is 0 Å². The largest absolute Gasteiger partial charge is 0.493 e. The first kappa shape index (κ1) is 15.4. The van der Waals surface area contributed by atoms with Gasteiger partial charge in [-0.1, -0.05) is 43.3 Å². The SMILES string of the molecule is CCC(c1ccccc1)C(N)c1ccc(OC)c(OC)c1. The average molecular weight is 285 g/mol. The topological polar surface area (TPSA) is 44.5 Å². The van der Waals surface area contributed by atoms with E-state index in [9.17, 15) is 0 Å². The number of methoxy groups -OCH3 is 2. The molecule has 2 N–H and O–H groups in total. The Morgan fingerprint density at radius 2 is 1.57 bits per heavy atom. The number of ether oxygens (including phenoxy) is 2. The molecule has 0 aliphatic heterocycles. The molecule has 0 saturated heterocycles. The monoisotopic (exact) mass is 285 g/mol. The molecule has 0 amide bonds. The van der Waals surface area contributed by atoms with Gasteiger partial charge in [0.05, 0.1) is 14.2 Å². The quantitative estimate of drug-likeness (QED) is 0.875. The first-order valence-electron chi connectivity index (χ1n) is 7.23. The summed E-state index contributed by atoms with van der Waals surface area (Å²) in [7, 11) is 3.28. The van der Waals surface area contributed by atoms with E-state index in [0.717, 1.165) is 17.7 Å². The van der Waals surface area contributed by atoms with Crippen LogP contribution < -0.4 is 15.2 Å². The molecule has 0 saturated carbocycles. The molecule has 0 heterocycles. The van der Waals surface area contributed by atoms with Crippen molar-refractivity contribution in [3.8, 4) is 11.5 Å². The van der Waals surface area contributed by atoms with Gasteiger partial charge in [0.2, 0.25) is 0 Å². The normalized spacial score (nSPS) is 13.5. The predicted molar refractivity (Wildman–Crippen MR) is 85.9 cm³/mol. The summed E-state index contributed by atoms with van der Waals surface area (Å²) in [6.45, 7) is 2.16. The van der Waals surface area contributed by atoms with E-state index in [1.54, 1.807) is 14.2 Å². The van der Waals surface area contributed by atoms with Crippen molar-refractivity contribution >= 4 is 0 Å². The maximum atomic E-state index is 6.50. The van der Waals surface area contributed by atoms with Gasteiger partial charge in [-0.3, -0.25) is 0 Å². The van der Waals surface area contributed by atoms with Crippen LogP contribution in [0.2, 0.25) is 0 Å². The Morgan fingerprint density at radius 3 is 2.14 bits per heavy atom. The van der Waals surface area contributed by atoms with Crippen LogP contribution in [-0.2, 0) is 0 Å². The fourth-order valence-electron chi connectivity index (χ4n) is 2.69. The van der Waals surface area contributed by atoms with Gasteiger partial charge in [0.25, 0.3) is 0 Å². The highest BCUT2D eigenvalue weighted by molar-refractivity contribution is 5.44. The molecule has 3 heteroatoms. The third-order valence-corrected chi connectivity index (χ3v) is 3.89. The van der Waals surface area contributed by atoms with E-state index in [0.29, 0.717) is 5.75 Å². The summed E-state index contributed by atoms with van der Waals surface area (Å²) in [5.41, 5.74) is 8.83. The van der Waals surface area contributed by atoms with Crippen molar-refractivity contribution in [2.45, 2.75) is 25.3 Å². The summed E-state index contributed by atoms with van der Waals surface area (Å²) < 4.78 is 10.6. The van der Waals surface area contributed by atoms with E-state index in [-0.39, 0.29) is 12.0 Å². The van der Waals surface area contributed by atoms with Crippen molar-refractivity contribution in [3.63, 3.8) is 0 Å². The molecule has 2 aromatic carbocycles. The Morgan fingerprint density at radius 1 is 0.905 bits per heavy atom. The molecule has 2 unspecified atom stereocenters. The second kappa shape index (κ2) is 7.14. The van der Waals surface area contributed by atoms with Crippen LogP contribution in [0.5, 0.6) is 11.5 Å². The number of hydrogen-bond donors (Lipinski definition) is 1. The number of nitrogens with two attached hydrogens (primary N) is 1. The molecule has 2 aromatic rings. The van der Waals surface area contributed by atoms with E-state index in [1.165, 1.54) is 5.56 Å². The minimum Gasteiger partial charge on any atom is -0.493 e. The molecule has 0 fully saturated rings. The van der Waals surface area contributed by atoms with Gasteiger partial charge in [-0.25, -0.2) is 0 Å². The van der Waals surface area contributed by atoms with Crippen LogP contribution in [0.15, 0.2) is 48.5 Å². The molecule has 0 aliphatic rings. The van der Waals surface area contributed by atoms with Crippen molar-refractivity contribution in [1.29, 1.82) is 0 Å². The van der Waals surface area contributed by atoms with E-state index >= 15 is 0 Å².